The van der Waals surface area contributed by atoms with Crippen molar-refractivity contribution in [1.29, 1.82) is 0 Å². The normalized spacial score (nSPS) is 13.7. The van der Waals surface area contributed by atoms with Crippen molar-refractivity contribution in [3.05, 3.63) is 22.4 Å². The Balaban J connectivity index is 2.57. The minimum atomic E-state index is -0.629. The lowest BCUT2D eigenvalue weighted by atomic mass is 10.0. The molecule has 0 fully saturated rings. The van der Waals surface area contributed by atoms with E-state index in [1.54, 1.807) is 11.9 Å². The van der Waals surface area contributed by atoms with Gasteiger partial charge in [0.25, 0.3) is 0 Å². The maximum atomic E-state index is 12.3. The van der Waals surface area contributed by atoms with Crippen LogP contribution in [-0.4, -0.2) is 36.5 Å². The van der Waals surface area contributed by atoms with Crippen molar-refractivity contribution < 1.29 is 9.59 Å². The molecule has 0 saturated heterocycles. The molecule has 2 atom stereocenters. The lowest BCUT2D eigenvalue weighted by Crippen LogP contribution is -2.38. The topological polar surface area (TPSA) is 101 Å². The van der Waals surface area contributed by atoms with Crippen LogP contribution in [0.5, 0.6) is 0 Å². The molecule has 3 amide bonds. The van der Waals surface area contributed by atoms with Crippen LogP contribution in [0.15, 0.2) is 17.5 Å². The Kier molecular flexibility index (Phi) is 7.34. The summed E-state index contributed by atoms with van der Waals surface area (Å²) in [5, 5.41) is 4.53. The maximum Gasteiger partial charge on any atom is 0.312 e. The first-order chi connectivity index (χ1) is 10.3. The van der Waals surface area contributed by atoms with Crippen molar-refractivity contribution in [3.63, 3.8) is 0 Å². The summed E-state index contributed by atoms with van der Waals surface area (Å²) in [6, 6.07) is 2.83. The third-order valence-electron chi connectivity index (χ3n) is 3.66. The lowest BCUT2D eigenvalue weighted by molar-refractivity contribution is -0.130. The van der Waals surface area contributed by atoms with E-state index in [2.05, 4.69) is 19.2 Å². The van der Waals surface area contributed by atoms with E-state index in [0.717, 1.165) is 11.3 Å². The van der Waals surface area contributed by atoms with Gasteiger partial charge in [-0.1, -0.05) is 19.9 Å². The van der Waals surface area contributed by atoms with E-state index in [1.165, 1.54) is 11.3 Å². The standard InChI is InChI=1S/C15H26N4O2S/c1-10(2)11(16)6-7-19(3)14(20)9-12(18-15(17)21)13-5-4-8-22-13/h4-5,8,10-12H,6-7,9,16H2,1-3H3,(H3,17,18,21). The highest BCUT2D eigenvalue weighted by molar-refractivity contribution is 7.10. The molecule has 0 radical (unpaired) electrons. The van der Waals surface area contributed by atoms with Gasteiger partial charge in [0, 0.05) is 24.5 Å². The fraction of sp³-hybridized carbons (Fsp3) is 0.600. The number of nitrogens with one attached hydrogen (secondary N) is 1. The Morgan fingerprint density at radius 3 is 2.59 bits per heavy atom. The van der Waals surface area contributed by atoms with Gasteiger partial charge in [-0.05, 0) is 23.8 Å². The molecule has 2 unspecified atom stereocenters. The molecule has 1 aromatic rings. The highest BCUT2D eigenvalue weighted by atomic mass is 32.1. The number of carbonyl (C=O) groups is 2. The largest absolute Gasteiger partial charge is 0.352 e. The number of carbonyl (C=O) groups excluding carboxylic acids is 2. The quantitative estimate of drug-likeness (QED) is 0.677. The molecular weight excluding hydrogens is 300 g/mol. The van der Waals surface area contributed by atoms with Crippen molar-refractivity contribution in [1.82, 2.24) is 10.2 Å². The zero-order valence-corrected chi connectivity index (χ0v) is 14.2. The SMILES string of the molecule is CC(C)C(N)CCN(C)C(=O)CC(NC(N)=O)c1cccs1. The highest BCUT2D eigenvalue weighted by Crippen LogP contribution is 2.22. The van der Waals surface area contributed by atoms with Crippen molar-refractivity contribution in [2.75, 3.05) is 13.6 Å². The minimum Gasteiger partial charge on any atom is -0.352 e. The molecule has 5 N–H and O–H groups in total. The van der Waals surface area contributed by atoms with Crippen LogP contribution in [0, 0.1) is 5.92 Å². The van der Waals surface area contributed by atoms with Crippen LogP contribution in [0.3, 0.4) is 0 Å². The average molecular weight is 326 g/mol. The van der Waals surface area contributed by atoms with E-state index in [1.807, 2.05) is 17.5 Å². The van der Waals surface area contributed by atoms with Gasteiger partial charge in [-0.25, -0.2) is 4.79 Å². The van der Waals surface area contributed by atoms with Gasteiger partial charge in [-0.15, -0.1) is 11.3 Å². The summed E-state index contributed by atoms with van der Waals surface area (Å²) in [6.07, 6.45) is 0.948. The fourth-order valence-electron chi connectivity index (χ4n) is 2.02. The van der Waals surface area contributed by atoms with Gasteiger partial charge in [0.2, 0.25) is 5.91 Å². The van der Waals surface area contributed by atoms with Crippen molar-refractivity contribution >= 4 is 23.3 Å². The Labute approximate surface area is 135 Å². The molecule has 6 nitrogen and oxygen atoms in total. The average Bonchev–Trinajstić information content (AvgIpc) is 2.96. The number of nitrogens with zero attached hydrogens (tertiary/aromatic N) is 1. The van der Waals surface area contributed by atoms with E-state index in [-0.39, 0.29) is 24.4 Å². The third kappa shape index (κ3) is 6.03. The molecule has 0 saturated carbocycles. The minimum absolute atomic E-state index is 0.0388. The number of hydrogen-bond donors (Lipinski definition) is 3. The summed E-state index contributed by atoms with van der Waals surface area (Å²) in [6.45, 7) is 4.73. The molecule has 22 heavy (non-hydrogen) atoms. The maximum absolute atomic E-state index is 12.3. The van der Waals surface area contributed by atoms with E-state index in [4.69, 9.17) is 11.5 Å². The molecule has 0 bridgehead atoms. The fourth-order valence-corrected chi connectivity index (χ4v) is 2.79. The summed E-state index contributed by atoms with van der Waals surface area (Å²) >= 11 is 1.49. The van der Waals surface area contributed by atoms with Crippen LogP contribution >= 0.6 is 11.3 Å². The van der Waals surface area contributed by atoms with Crippen molar-refractivity contribution in [2.24, 2.45) is 17.4 Å². The molecular formula is C15H26N4O2S. The van der Waals surface area contributed by atoms with E-state index in [9.17, 15) is 9.59 Å². The zero-order valence-electron chi connectivity index (χ0n) is 13.4. The van der Waals surface area contributed by atoms with Gasteiger partial charge >= 0.3 is 6.03 Å². The molecule has 1 aromatic heterocycles. The Morgan fingerprint density at radius 1 is 1.41 bits per heavy atom. The second kappa shape index (κ2) is 8.75. The number of nitrogens with two attached hydrogens (primary N) is 2. The molecule has 0 aliphatic carbocycles. The first kappa shape index (κ1) is 18.4. The Morgan fingerprint density at radius 2 is 2.09 bits per heavy atom. The van der Waals surface area contributed by atoms with E-state index < -0.39 is 6.03 Å². The van der Waals surface area contributed by atoms with Crippen LogP contribution < -0.4 is 16.8 Å². The molecule has 0 aliphatic heterocycles. The number of thiophene rings is 1. The van der Waals surface area contributed by atoms with Crippen LogP contribution in [0.25, 0.3) is 0 Å². The van der Waals surface area contributed by atoms with Crippen LogP contribution in [0.1, 0.15) is 37.6 Å². The predicted molar refractivity (Wildman–Crippen MR) is 89.5 cm³/mol. The predicted octanol–water partition coefficient (Wildman–Crippen LogP) is 1.68. The monoisotopic (exact) mass is 326 g/mol. The third-order valence-corrected chi connectivity index (χ3v) is 4.65. The van der Waals surface area contributed by atoms with Gasteiger partial charge in [-0.2, -0.15) is 0 Å². The molecule has 0 aliphatic rings. The van der Waals surface area contributed by atoms with Gasteiger partial charge < -0.3 is 21.7 Å². The zero-order chi connectivity index (χ0) is 16.7. The second-order valence-electron chi connectivity index (χ2n) is 5.79. The number of hydrogen-bond acceptors (Lipinski definition) is 4. The number of rotatable bonds is 8. The molecule has 0 aromatic carbocycles. The lowest BCUT2D eigenvalue weighted by Gasteiger charge is -2.23. The molecule has 0 spiro atoms. The van der Waals surface area contributed by atoms with Crippen LogP contribution in [0.2, 0.25) is 0 Å². The molecule has 1 heterocycles. The summed E-state index contributed by atoms with van der Waals surface area (Å²) < 4.78 is 0. The summed E-state index contributed by atoms with van der Waals surface area (Å²) in [5.74, 6) is 0.349. The summed E-state index contributed by atoms with van der Waals surface area (Å²) in [4.78, 5) is 26.0. The van der Waals surface area contributed by atoms with Gasteiger partial charge in [-0.3, -0.25) is 4.79 Å². The van der Waals surface area contributed by atoms with E-state index >= 15 is 0 Å². The van der Waals surface area contributed by atoms with Gasteiger partial charge in [0.1, 0.15) is 0 Å². The summed E-state index contributed by atoms with van der Waals surface area (Å²) in [7, 11) is 1.76. The van der Waals surface area contributed by atoms with Crippen LogP contribution in [0.4, 0.5) is 4.79 Å². The molecule has 124 valence electrons. The van der Waals surface area contributed by atoms with Crippen molar-refractivity contribution in [2.45, 2.75) is 38.8 Å². The van der Waals surface area contributed by atoms with E-state index in [0.29, 0.717) is 12.5 Å². The first-order valence-electron chi connectivity index (χ1n) is 7.40. The Bertz CT molecular complexity index is 476. The summed E-state index contributed by atoms with van der Waals surface area (Å²) in [5.41, 5.74) is 11.2. The Hall–Kier alpha value is -1.60. The number of amides is 3. The molecule has 1 rings (SSSR count). The van der Waals surface area contributed by atoms with Gasteiger partial charge in [0.15, 0.2) is 0 Å². The first-order valence-corrected chi connectivity index (χ1v) is 8.28. The second-order valence-corrected chi connectivity index (χ2v) is 6.77. The van der Waals surface area contributed by atoms with Gasteiger partial charge in [0.05, 0.1) is 12.5 Å². The van der Waals surface area contributed by atoms with Crippen LogP contribution in [-0.2, 0) is 4.79 Å². The van der Waals surface area contributed by atoms with Crippen molar-refractivity contribution in [3.8, 4) is 0 Å². The highest BCUT2D eigenvalue weighted by Gasteiger charge is 2.21. The molecule has 7 heteroatoms. The smallest absolute Gasteiger partial charge is 0.312 e. The number of primary amides is 1. The number of urea groups is 1.